The molecule has 0 radical (unpaired) electrons. The second-order valence-electron chi connectivity index (χ2n) is 4.12. The molecule has 2 rings (SSSR count). The lowest BCUT2D eigenvalue weighted by Gasteiger charge is -2.11. The van der Waals surface area contributed by atoms with Crippen LogP contribution in [0, 0.1) is 12.7 Å². The van der Waals surface area contributed by atoms with Crippen LogP contribution in [-0.2, 0) is 10.0 Å². The third-order valence-corrected chi connectivity index (χ3v) is 5.47. The zero-order valence-electron chi connectivity index (χ0n) is 10.3. The molecule has 20 heavy (non-hydrogen) atoms. The van der Waals surface area contributed by atoms with E-state index in [0.717, 1.165) is 6.07 Å². The lowest BCUT2D eigenvalue weighted by molar-refractivity contribution is 0.601. The fraction of sp³-hybridized carbons (Fsp3) is 0.0769. The first kappa shape index (κ1) is 15.3. The summed E-state index contributed by atoms with van der Waals surface area (Å²) < 4.78 is 40.6. The molecule has 0 aliphatic rings. The quantitative estimate of drug-likeness (QED) is 0.863. The highest BCUT2D eigenvalue weighted by Gasteiger charge is 2.18. The molecular formula is C13H10BrClFNO2S. The molecule has 0 fully saturated rings. The maximum atomic E-state index is 13.6. The maximum absolute atomic E-state index is 13.6. The molecule has 0 aromatic heterocycles. The largest absolute Gasteiger partial charge is 0.279 e. The number of benzene rings is 2. The van der Waals surface area contributed by atoms with E-state index in [-0.39, 0.29) is 15.6 Å². The molecular weight excluding hydrogens is 369 g/mol. The Morgan fingerprint density at radius 2 is 1.90 bits per heavy atom. The molecule has 0 atom stereocenters. The summed E-state index contributed by atoms with van der Waals surface area (Å²) >= 11 is 8.94. The van der Waals surface area contributed by atoms with Crippen LogP contribution < -0.4 is 4.72 Å². The van der Waals surface area contributed by atoms with Crippen molar-refractivity contribution in [3.05, 3.63) is 57.3 Å². The van der Waals surface area contributed by atoms with Gasteiger partial charge in [0.2, 0.25) is 0 Å². The smallest absolute Gasteiger partial charge is 0.263 e. The number of nitrogens with one attached hydrogen (secondary N) is 1. The van der Waals surface area contributed by atoms with Crippen molar-refractivity contribution in [3.63, 3.8) is 0 Å². The first-order chi connectivity index (χ1) is 9.31. The number of halogens is 3. The van der Waals surface area contributed by atoms with Crippen LogP contribution in [0.4, 0.5) is 10.1 Å². The van der Waals surface area contributed by atoms with Crippen molar-refractivity contribution < 1.29 is 12.8 Å². The lowest BCUT2D eigenvalue weighted by atomic mass is 10.2. The molecule has 0 heterocycles. The Bertz CT molecular complexity index is 742. The van der Waals surface area contributed by atoms with Crippen molar-refractivity contribution in [2.45, 2.75) is 11.8 Å². The summed E-state index contributed by atoms with van der Waals surface area (Å²) in [7, 11) is -3.85. The van der Waals surface area contributed by atoms with Crippen LogP contribution in [-0.4, -0.2) is 8.42 Å². The van der Waals surface area contributed by atoms with Gasteiger partial charge < -0.3 is 0 Å². The molecule has 0 amide bonds. The molecule has 0 aliphatic heterocycles. The minimum Gasteiger partial charge on any atom is -0.279 e. The van der Waals surface area contributed by atoms with Gasteiger partial charge in [-0.05, 0) is 52.7 Å². The number of hydrogen-bond donors (Lipinski definition) is 1. The zero-order chi connectivity index (χ0) is 14.9. The van der Waals surface area contributed by atoms with Gasteiger partial charge in [-0.25, -0.2) is 12.8 Å². The predicted molar refractivity (Wildman–Crippen MR) is 81.1 cm³/mol. The second-order valence-corrected chi connectivity index (χ2v) is 6.98. The first-order valence-electron chi connectivity index (χ1n) is 5.54. The van der Waals surface area contributed by atoms with E-state index in [9.17, 15) is 12.8 Å². The summed E-state index contributed by atoms with van der Waals surface area (Å²) in [5, 5.41) is 0.106. The number of anilines is 1. The monoisotopic (exact) mass is 377 g/mol. The van der Waals surface area contributed by atoms with Gasteiger partial charge >= 0.3 is 0 Å². The molecule has 0 saturated carbocycles. The van der Waals surface area contributed by atoms with E-state index in [2.05, 4.69) is 20.7 Å². The van der Waals surface area contributed by atoms with Crippen LogP contribution in [0.5, 0.6) is 0 Å². The maximum Gasteiger partial charge on any atom is 0.263 e. The normalized spacial score (nSPS) is 11.4. The third kappa shape index (κ3) is 3.13. The predicted octanol–water partition coefficient (Wildman–Crippen LogP) is 4.35. The number of aryl methyl sites for hydroxylation is 1. The number of rotatable bonds is 3. The van der Waals surface area contributed by atoms with Crippen LogP contribution in [0.2, 0.25) is 5.02 Å². The van der Waals surface area contributed by atoms with E-state index < -0.39 is 15.8 Å². The average Bonchev–Trinajstić information content (AvgIpc) is 2.35. The highest BCUT2D eigenvalue weighted by Crippen LogP contribution is 2.27. The standard InChI is InChI=1S/C13H10BrClFNO2S/c1-8-6-9(7-11(16)13(8)14)17-20(18,19)12-5-3-2-4-10(12)15/h2-7,17H,1H3. The molecule has 0 saturated heterocycles. The summed E-state index contributed by atoms with van der Waals surface area (Å²) in [5.74, 6) is -0.540. The van der Waals surface area contributed by atoms with Crippen molar-refractivity contribution in [2.75, 3.05) is 4.72 Å². The first-order valence-corrected chi connectivity index (χ1v) is 8.19. The van der Waals surface area contributed by atoms with Gasteiger partial charge in [-0.1, -0.05) is 23.7 Å². The Labute approximate surface area is 130 Å². The Balaban J connectivity index is 2.42. The van der Waals surface area contributed by atoms with Gasteiger partial charge in [-0.15, -0.1) is 0 Å². The molecule has 2 aromatic rings. The minimum absolute atomic E-state index is 0.0531. The molecule has 0 bridgehead atoms. The van der Waals surface area contributed by atoms with Gasteiger partial charge in [0.05, 0.1) is 15.2 Å². The SMILES string of the molecule is Cc1cc(NS(=O)(=O)c2ccccc2Cl)cc(F)c1Br. The van der Waals surface area contributed by atoms with Gasteiger partial charge in [0.1, 0.15) is 10.7 Å². The van der Waals surface area contributed by atoms with Crippen molar-refractivity contribution in [1.82, 2.24) is 0 Å². The minimum atomic E-state index is -3.85. The fourth-order valence-corrected chi connectivity index (χ4v) is 3.45. The molecule has 106 valence electrons. The van der Waals surface area contributed by atoms with Gasteiger partial charge in [0.25, 0.3) is 10.0 Å². The van der Waals surface area contributed by atoms with E-state index >= 15 is 0 Å². The summed E-state index contributed by atoms with van der Waals surface area (Å²) in [5.41, 5.74) is 0.727. The van der Waals surface area contributed by atoms with Crippen LogP contribution in [0.3, 0.4) is 0 Å². The van der Waals surface area contributed by atoms with Gasteiger partial charge in [0.15, 0.2) is 0 Å². The summed E-state index contributed by atoms with van der Waals surface area (Å²) in [6, 6.07) is 8.68. The van der Waals surface area contributed by atoms with Crippen molar-refractivity contribution in [3.8, 4) is 0 Å². The lowest BCUT2D eigenvalue weighted by Crippen LogP contribution is -2.13. The number of sulfonamides is 1. The molecule has 1 N–H and O–H groups in total. The van der Waals surface area contributed by atoms with Gasteiger partial charge in [-0.2, -0.15) is 0 Å². The van der Waals surface area contributed by atoms with E-state index in [1.165, 1.54) is 18.2 Å². The highest BCUT2D eigenvalue weighted by atomic mass is 79.9. The molecule has 0 unspecified atom stereocenters. The fourth-order valence-electron chi connectivity index (χ4n) is 1.66. The van der Waals surface area contributed by atoms with Crippen molar-refractivity contribution >= 4 is 43.2 Å². The molecule has 0 aliphatic carbocycles. The zero-order valence-corrected chi connectivity index (χ0v) is 13.5. The Morgan fingerprint density at radius 3 is 2.50 bits per heavy atom. The summed E-state index contributed by atoms with van der Waals surface area (Å²) in [6.07, 6.45) is 0. The Morgan fingerprint density at radius 1 is 1.25 bits per heavy atom. The van der Waals surface area contributed by atoms with E-state index in [0.29, 0.717) is 10.0 Å². The Hall–Kier alpha value is -1.11. The second kappa shape index (κ2) is 5.71. The molecule has 7 heteroatoms. The molecule has 3 nitrogen and oxygen atoms in total. The van der Waals surface area contributed by atoms with Crippen LogP contribution >= 0.6 is 27.5 Å². The molecule has 0 spiro atoms. The average molecular weight is 379 g/mol. The topological polar surface area (TPSA) is 46.2 Å². The van der Waals surface area contributed by atoms with Crippen LogP contribution in [0.15, 0.2) is 45.8 Å². The summed E-state index contributed by atoms with van der Waals surface area (Å²) in [4.78, 5) is -0.0531. The number of hydrogen-bond acceptors (Lipinski definition) is 2. The van der Waals surface area contributed by atoms with Gasteiger partial charge in [0, 0.05) is 0 Å². The van der Waals surface area contributed by atoms with Crippen LogP contribution in [0.25, 0.3) is 0 Å². The highest BCUT2D eigenvalue weighted by molar-refractivity contribution is 9.10. The molecule has 2 aromatic carbocycles. The van der Waals surface area contributed by atoms with E-state index in [4.69, 9.17) is 11.6 Å². The van der Waals surface area contributed by atoms with E-state index in [1.54, 1.807) is 19.1 Å². The van der Waals surface area contributed by atoms with Crippen molar-refractivity contribution in [1.29, 1.82) is 0 Å². The van der Waals surface area contributed by atoms with Crippen LogP contribution in [0.1, 0.15) is 5.56 Å². The van der Waals surface area contributed by atoms with Crippen molar-refractivity contribution in [2.24, 2.45) is 0 Å². The third-order valence-electron chi connectivity index (χ3n) is 2.59. The summed E-state index contributed by atoms with van der Waals surface area (Å²) in [6.45, 7) is 1.67. The Kier molecular flexibility index (Phi) is 4.36. The van der Waals surface area contributed by atoms with E-state index in [1.807, 2.05) is 0 Å². The van der Waals surface area contributed by atoms with Gasteiger partial charge in [-0.3, -0.25) is 4.72 Å².